The van der Waals surface area contributed by atoms with Crippen LogP contribution in [-0.2, 0) is 13.1 Å². The molecule has 0 saturated carbocycles. The summed E-state index contributed by atoms with van der Waals surface area (Å²) in [5, 5.41) is 8.42. The maximum Gasteiger partial charge on any atom is 0.275 e. The van der Waals surface area contributed by atoms with E-state index in [4.69, 9.17) is 0 Å². The average Bonchev–Trinajstić information content (AvgIpc) is 3.16. The summed E-state index contributed by atoms with van der Waals surface area (Å²) in [4.78, 5) is 19.5. The molecule has 0 radical (unpaired) electrons. The Bertz CT molecular complexity index is 826. The second kappa shape index (κ2) is 7.24. The highest BCUT2D eigenvalue weighted by Crippen LogP contribution is 2.20. The van der Waals surface area contributed by atoms with Crippen molar-refractivity contribution in [3.8, 4) is 0 Å². The lowest BCUT2D eigenvalue weighted by Gasteiger charge is -2.15. The molecule has 3 rings (SSSR count). The third-order valence-electron chi connectivity index (χ3n) is 3.37. The first kappa shape index (κ1) is 16.2. The molecule has 0 spiro atoms. The van der Waals surface area contributed by atoms with Gasteiger partial charge in [0.05, 0.1) is 5.69 Å². The molecule has 3 heterocycles. The van der Waals surface area contributed by atoms with Crippen LogP contribution in [0.5, 0.6) is 0 Å². The predicted octanol–water partition coefficient (Wildman–Crippen LogP) is 1.59. The number of thioether (sulfide) groups is 1. The molecule has 3 aromatic rings. The first-order valence-corrected chi connectivity index (χ1v) is 9.29. The molecule has 0 amide bonds. The number of fused-ring (bicyclic) bond motifs is 1. The molecule has 3 aromatic heterocycles. The Morgan fingerprint density at radius 2 is 2.30 bits per heavy atom. The predicted molar refractivity (Wildman–Crippen MR) is 92.1 cm³/mol. The lowest BCUT2D eigenvalue weighted by Crippen LogP contribution is -2.23. The minimum Gasteiger partial charge on any atom is -0.300 e. The van der Waals surface area contributed by atoms with Crippen LogP contribution in [-0.4, -0.2) is 49.1 Å². The zero-order valence-electron chi connectivity index (χ0n) is 13.0. The van der Waals surface area contributed by atoms with Gasteiger partial charge in [0.1, 0.15) is 0 Å². The topological polar surface area (TPSA) is 68.3 Å². The van der Waals surface area contributed by atoms with Crippen molar-refractivity contribution in [2.45, 2.75) is 23.8 Å². The van der Waals surface area contributed by atoms with Crippen molar-refractivity contribution in [2.24, 2.45) is 0 Å². The third-order valence-corrected chi connectivity index (χ3v) is 5.26. The van der Waals surface area contributed by atoms with Gasteiger partial charge in [-0.2, -0.15) is 9.61 Å². The molecule has 23 heavy (non-hydrogen) atoms. The van der Waals surface area contributed by atoms with Gasteiger partial charge in [0.25, 0.3) is 5.56 Å². The Kier molecular flexibility index (Phi) is 5.09. The standard InChI is InChI=1S/C14H18N6OS2/c1-18(6-4-8-19-7-3-5-15-19)10-11-9-12(21)20-13(16-11)23-14(17-20)22-2/h3,5,7,9H,4,6,8,10H2,1-2H3. The van der Waals surface area contributed by atoms with E-state index in [1.54, 1.807) is 12.3 Å². The van der Waals surface area contributed by atoms with E-state index in [1.807, 2.05) is 30.2 Å². The van der Waals surface area contributed by atoms with Crippen LogP contribution in [0.1, 0.15) is 12.1 Å². The van der Waals surface area contributed by atoms with Crippen LogP contribution in [0.4, 0.5) is 0 Å². The fraction of sp³-hybridized carbons (Fsp3) is 0.429. The molecular weight excluding hydrogens is 332 g/mol. The Balaban J connectivity index is 1.62. The van der Waals surface area contributed by atoms with Gasteiger partial charge in [-0.3, -0.25) is 9.48 Å². The highest BCUT2D eigenvalue weighted by Gasteiger charge is 2.10. The minimum absolute atomic E-state index is 0.119. The van der Waals surface area contributed by atoms with Gasteiger partial charge >= 0.3 is 0 Å². The molecule has 0 atom stereocenters. The van der Waals surface area contributed by atoms with Crippen LogP contribution in [0.3, 0.4) is 0 Å². The number of nitrogens with zero attached hydrogens (tertiary/aromatic N) is 6. The first-order valence-electron chi connectivity index (χ1n) is 7.25. The number of aromatic nitrogens is 5. The summed E-state index contributed by atoms with van der Waals surface area (Å²) in [6.45, 7) is 2.45. The quantitative estimate of drug-likeness (QED) is 0.603. The van der Waals surface area contributed by atoms with Crippen molar-refractivity contribution in [1.29, 1.82) is 0 Å². The molecular formula is C14H18N6OS2. The summed E-state index contributed by atoms with van der Waals surface area (Å²) < 4.78 is 4.14. The smallest absolute Gasteiger partial charge is 0.275 e. The van der Waals surface area contributed by atoms with E-state index in [2.05, 4.69) is 20.1 Å². The van der Waals surface area contributed by atoms with E-state index < -0.39 is 0 Å². The second-order valence-electron chi connectivity index (χ2n) is 5.21. The van der Waals surface area contributed by atoms with Crippen LogP contribution in [0.2, 0.25) is 0 Å². The Labute approximate surface area is 142 Å². The van der Waals surface area contributed by atoms with E-state index in [1.165, 1.54) is 27.6 Å². The number of rotatable bonds is 7. The lowest BCUT2D eigenvalue weighted by molar-refractivity contribution is 0.308. The highest BCUT2D eigenvalue weighted by molar-refractivity contribution is 8.00. The SMILES string of the molecule is CSc1nn2c(=O)cc(CN(C)CCCn3cccn3)nc2s1. The van der Waals surface area contributed by atoms with Gasteiger partial charge in [-0.05, 0) is 25.8 Å². The minimum atomic E-state index is -0.119. The van der Waals surface area contributed by atoms with E-state index in [0.29, 0.717) is 11.5 Å². The van der Waals surface area contributed by atoms with E-state index in [0.717, 1.165) is 29.5 Å². The van der Waals surface area contributed by atoms with Gasteiger partial charge < -0.3 is 4.90 Å². The average molecular weight is 350 g/mol. The molecule has 7 nitrogen and oxygen atoms in total. The molecule has 9 heteroatoms. The van der Waals surface area contributed by atoms with Gasteiger partial charge in [-0.15, -0.1) is 5.10 Å². The van der Waals surface area contributed by atoms with Crippen LogP contribution < -0.4 is 5.56 Å². The van der Waals surface area contributed by atoms with Gasteiger partial charge in [0.2, 0.25) is 4.96 Å². The molecule has 0 bridgehead atoms. The van der Waals surface area contributed by atoms with Crippen molar-refractivity contribution < 1.29 is 0 Å². The van der Waals surface area contributed by atoms with Crippen LogP contribution in [0.25, 0.3) is 4.96 Å². The number of aryl methyl sites for hydroxylation is 1. The fourth-order valence-electron chi connectivity index (χ4n) is 2.29. The zero-order valence-corrected chi connectivity index (χ0v) is 14.7. The molecule has 0 aromatic carbocycles. The summed E-state index contributed by atoms with van der Waals surface area (Å²) in [7, 11) is 2.03. The second-order valence-corrected chi connectivity index (χ2v) is 7.22. The molecule has 0 fully saturated rings. The van der Waals surface area contributed by atoms with Crippen molar-refractivity contribution >= 4 is 28.1 Å². The van der Waals surface area contributed by atoms with Crippen LogP contribution in [0, 0.1) is 0 Å². The van der Waals surface area contributed by atoms with Gasteiger partial charge in [-0.25, -0.2) is 4.98 Å². The van der Waals surface area contributed by atoms with Crippen molar-refractivity contribution in [3.63, 3.8) is 0 Å². The normalized spacial score (nSPS) is 11.6. The Morgan fingerprint density at radius 3 is 3.04 bits per heavy atom. The molecule has 0 aliphatic heterocycles. The van der Waals surface area contributed by atoms with E-state index >= 15 is 0 Å². The molecule has 0 unspecified atom stereocenters. The Morgan fingerprint density at radius 1 is 1.43 bits per heavy atom. The molecule has 0 aliphatic rings. The van der Waals surface area contributed by atoms with E-state index in [-0.39, 0.29) is 5.56 Å². The van der Waals surface area contributed by atoms with Crippen LogP contribution in [0.15, 0.2) is 33.7 Å². The molecule has 0 saturated heterocycles. The monoisotopic (exact) mass is 350 g/mol. The number of hydrogen-bond acceptors (Lipinski definition) is 7. The van der Waals surface area contributed by atoms with Crippen molar-refractivity contribution in [1.82, 2.24) is 29.3 Å². The van der Waals surface area contributed by atoms with Gasteiger partial charge in [-0.1, -0.05) is 23.1 Å². The maximum absolute atomic E-state index is 12.1. The van der Waals surface area contributed by atoms with Crippen molar-refractivity contribution in [3.05, 3.63) is 40.6 Å². The summed E-state index contributed by atoms with van der Waals surface area (Å²) in [5.41, 5.74) is 0.666. The molecule has 122 valence electrons. The summed E-state index contributed by atoms with van der Waals surface area (Å²) in [5.74, 6) is 0. The third kappa shape index (κ3) is 3.98. The number of hydrogen-bond donors (Lipinski definition) is 0. The fourth-order valence-corrected chi connectivity index (χ4v) is 3.67. The summed E-state index contributed by atoms with van der Waals surface area (Å²) in [6, 6.07) is 3.50. The summed E-state index contributed by atoms with van der Waals surface area (Å²) >= 11 is 2.96. The van der Waals surface area contributed by atoms with Gasteiger partial charge in [0.15, 0.2) is 4.34 Å². The van der Waals surface area contributed by atoms with Gasteiger partial charge in [0, 0.05) is 38.1 Å². The lowest BCUT2D eigenvalue weighted by atomic mass is 10.3. The largest absolute Gasteiger partial charge is 0.300 e. The maximum atomic E-state index is 12.1. The first-order chi connectivity index (χ1) is 11.2. The molecule has 0 aliphatic carbocycles. The molecule has 0 N–H and O–H groups in total. The summed E-state index contributed by atoms with van der Waals surface area (Å²) in [6.07, 6.45) is 6.69. The van der Waals surface area contributed by atoms with E-state index in [9.17, 15) is 4.79 Å². The Hall–Kier alpha value is -1.71. The zero-order chi connectivity index (χ0) is 16.2. The van der Waals surface area contributed by atoms with Crippen LogP contribution >= 0.6 is 23.1 Å². The van der Waals surface area contributed by atoms with Crippen molar-refractivity contribution in [2.75, 3.05) is 19.8 Å². The highest BCUT2D eigenvalue weighted by atomic mass is 32.2.